The predicted molar refractivity (Wildman–Crippen MR) is 112 cm³/mol. The largest absolute Gasteiger partial charge is 0.490 e. The molecule has 4 nitrogen and oxygen atoms in total. The van der Waals surface area contributed by atoms with Crippen LogP contribution >= 0.6 is 27.7 Å². The molecule has 2 aromatic carbocycles. The highest BCUT2D eigenvalue weighted by Crippen LogP contribution is 2.35. The van der Waals surface area contributed by atoms with Crippen molar-refractivity contribution < 1.29 is 14.3 Å². The number of carbonyl (C=O) groups excluding carboxylic acids is 2. The van der Waals surface area contributed by atoms with E-state index >= 15 is 0 Å². The molecule has 1 aliphatic rings. The number of halogens is 1. The summed E-state index contributed by atoms with van der Waals surface area (Å²) < 4.78 is 6.89. The van der Waals surface area contributed by atoms with Crippen LogP contribution in [0.3, 0.4) is 0 Å². The molecule has 27 heavy (non-hydrogen) atoms. The van der Waals surface area contributed by atoms with Crippen molar-refractivity contribution in [3.8, 4) is 5.75 Å². The molecule has 3 rings (SSSR count). The lowest BCUT2D eigenvalue weighted by Crippen LogP contribution is -2.27. The monoisotopic (exact) mass is 445 g/mol. The number of amides is 2. The number of benzene rings is 2. The number of rotatable bonds is 6. The molecular formula is C21H20BrNO3S. The minimum atomic E-state index is -0.272. The molecule has 0 aromatic heterocycles. The van der Waals surface area contributed by atoms with Gasteiger partial charge in [-0.15, -0.1) is 0 Å². The minimum Gasteiger partial charge on any atom is -0.490 e. The van der Waals surface area contributed by atoms with Gasteiger partial charge in [0.25, 0.3) is 11.1 Å². The number of thioether (sulfide) groups is 1. The van der Waals surface area contributed by atoms with E-state index in [1.54, 1.807) is 6.08 Å². The van der Waals surface area contributed by atoms with Gasteiger partial charge in [0.1, 0.15) is 5.75 Å². The molecule has 2 aromatic rings. The first-order chi connectivity index (χ1) is 13.0. The number of nitrogens with zero attached hydrogens (tertiary/aromatic N) is 1. The van der Waals surface area contributed by atoms with Crippen LogP contribution in [0.2, 0.25) is 0 Å². The Kier molecular flexibility index (Phi) is 6.39. The molecule has 0 radical (unpaired) electrons. The van der Waals surface area contributed by atoms with Crippen LogP contribution < -0.4 is 4.74 Å². The highest BCUT2D eigenvalue weighted by Gasteiger charge is 2.35. The molecule has 0 N–H and O–H groups in total. The Hall–Kier alpha value is -2.05. The summed E-state index contributed by atoms with van der Waals surface area (Å²) in [4.78, 5) is 26.8. The molecule has 0 spiro atoms. The molecule has 2 amide bonds. The van der Waals surface area contributed by atoms with Gasteiger partial charge in [0, 0.05) is 10.0 Å². The third-order valence-corrected chi connectivity index (χ3v) is 5.67. The average molecular weight is 446 g/mol. The maximum atomic E-state index is 12.7. The number of ether oxygens (including phenoxy) is 1. The summed E-state index contributed by atoms with van der Waals surface area (Å²) in [6.07, 6.45) is 2.70. The first-order valence-electron chi connectivity index (χ1n) is 8.73. The Morgan fingerprint density at radius 3 is 2.56 bits per heavy atom. The van der Waals surface area contributed by atoms with Crippen LogP contribution in [0.15, 0.2) is 57.9 Å². The van der Waals surface area contributed by atoms with Crippen LogP contribution in [-0.4, -0.2) is 22.2 Å². The third kappa shape index (κ3) is 4.82. The molecule has 1 atom stereocenters. The highest BCUT2D eigenvalue weighted by atomic mass is 79.9. The Balaban J connectivity index is 1.81. The molecule has 1 fully saturated rings. The zero-order chi connectivity index (χ0) is 19.4. The van der Waals surface area contributed by atoms with Gasteiger partial charge in [-0.3, -0.25) is 14.5 Å². The van der Waals surface area contributed by atoms with Crippen molar-refractivity contribution in [3.05, 3.63) is 69.0 Å². The maximum Gasteiger partial charge on any atom is 0.293 e. The van der Waals surface area contributed by atoms with E-state index in [-0.39, 0.29) is 23.8 Å². The zero-order valence-corrected chi connectivity index (χ0v) is 17.5. The maximum absolute atomic E-state index is 12.7. The second kappa shape index (κ2) is 8.76. The predicted octanol–water partition coefficient (Wildman–Crippen LogP) is 5.86. The van der Waals surface area contributed by atoms with Crippen molar-refractivity contribution in [2.24, 2.45) is 0 Å². The van der Waals surface area contributed by atoms with Crippen molar-refractivity contribution in [3.63, 3.8) is 0 Å². The molecule has 0 unspecified atom stereocenters. The van der Waals surface area contributed by atoms with Gasteiger partial charge >= 0.3 is 0 Å². The number of hydrogen-bond donors (Lipinski definition) is 0. The molecule has 0 aliphatic carbocycles. The van der Waals surface area contributed by atoms with Crippen molar-refractivity contribution in [2.45, 2.75) is 32.9 Å². The van der Waals surface area contributed by atoms with Crippen molar-refractivity contribution >= 4 is 44.9 Å². The van der Waals surface area contributed by atoms with Gasteiger partial charge in [-0.2, -0.15) is 0 Å². The molecule has 0 bridgehead atoms. The van der Waals surface area contributed by atoms with E-state index in [1.807, 2.05) is 55.5 Å². The fourth-order valence-electron chi connectivity index (χ4n) is 2.56. The first kappa shape index (κ1) is 19.7. The fourth-order valence-corrected chi connectivity index (χ4v) is 3.65. The van der Waals surface area contributed by atoms with E-state index in [0.717, 1.165) is 33.8 Å². The summed E-state index contributed by atoms with van der Waals surface area (Å²) in [6, 6.07) is 15.1. The molecule has 1 aliphatic heterocycles. The Labute approximate surface area is 171 Å². The lowest BCUT2D eigenvalue weighted by atomic mass is 10.1. The molecule has 0 saturated carbocycles. The van der Waals surface area contributed by atoms with Gasteiger partial charge < -0.3 is 4.74 Å². The van der Waals surface area contributed by atoms with Gasteiger partial charge in [-0.25, -0.2) is 0 Å². The van der Waals surface area contributed by atoms with Gasteiger partial charge in [0.15, 0.2) is 0 Å². The van der Waals surface area contributed by atoms with Gasteiger partial charge in [-0.05, 0) is 54.9 Å². The molecular weight excluding hydrogens is 426 g/mol. The summed E-state index contributed by atoms with van der Waals surface area (Å²) >= 11 is 4.35. The molecule has 1 heterocycles. The van der Waals surface area contributed by atoms with Gasteiger partial charge in [0.2, 0.25) is 0 Å². The summed E-state index contributed by atoms with van der Waals surface area (Å²) in [5, 5.41) is -0.255. The smallest absolute Gasteiger partial charge is 0.293 e. The molecule has 140 valence electrons. The van der Waals surface area contributed by atoms with Crippen molar-refractivity contribution in [1.82, 2.24) is 4.90 Å². The topological polar surface area (TPSA) is 46.6 Å². The summed E-state index contributed by atoms with van der Waals surface area (Å²) in [6.45, 7) is 4.32. The van der Waals surface area contributed by atoms with Crippen LogP contribution in [0.4, 0.5) is 4.79 Å². The van der Waals surface area contributed by atoms with Crippen LogP contribution in [0, 0.1) is 0 Å². The van der Waals surface area contributed by atoms with Gasteiger partial charge in [-0.1, -0.05) is 53.2 Å². The Morgan fingerprint density at radius 1 is 1.15 bits per heavy atom. The standard InChI is InChI=1S/C21H20BrNO3S/c1-3-14(2)26-18-7-5-4-6-16(18)12-19-20(24)23(21(25)27-19)13-15-8-10-17(22)11-9-15/h4-12,14H,3,13H2,1-2H3/b19-12+/t14-/m0/s1. The Morgan fingerprint density at radius 2 is 1.85 bits per heavy atom. The van der Waals surface area contributed by atoms with E-state index in [9.17, 15) is 9.59 Å². The summed E-state index contributed by atoms with van der Waals surface area (Å²) in [7, 11) is 0. The lowest BCUT2D eigenvalue weighted by Gasteiger charge is -2.15. The Bertz CT molecular complexity index is 879. The van der Waals surface area contributed by atoms with Crippen LogP contribution in [0.25, 0.3) is 6.08 Å². The fraction of sp³-hybridized carbons (Fsp3) is 0.238. The van der Waals surface area contributed by atoms with Crippen molar-refractivity contribution in [2.75, 3.05) is 0 Å². The van der Waals surface area contributed by atoms with E-state index in [2.05, 4.69) is 22.9 Å². The quantitative estimate of drug-likeness (QED) is 0.522. The number of hydrogen-bond acceptors (Lipinski definition) is 4. The normalized spacial score (nSPS) is 16.9. The highest BCUT2D eigenvalue weighted by molar-refractivity contribution is 9.10. The minimum absolute atomic E-state index is 0.0759. The average Bonchev–Trinajstić information content (AvgIpc) is 2.92. The van der Waals surface area contributed by atoms with Crippen LogP contribution in [-0.2, 0) is 11.3 Å². The zero-order valence-electron chi connectivity index (χ0n) is 15.1. The summed E-state index contributed by atoms with van der Waals surface area (Å²) in [5.74, 6) is 0.442. The van der Waals surface area contributed by atoms with E-state index < -0.39 is 0 Å². The van der Waals surface area contributed by atoms with E-state index in [4.69, 9.17) is 4.74 Å². The second-order valence-corrected chi connectivity index (χ2v) is 8.18. The lowest BCUT2D eigenvalue weighted by molar-refractivity contribution is -0.123. The van der Waals surface area contributed by atoms with Crippen LogP contribution in [0.5, 0.6) is 5.75 Å². The molecule has 6 heteroatoms. The SMILES string of the molecule is CC[C@H](C)Oc1ccccc1/C=C1/SC(=O)N(Cc2ccc(Br)cc2)C1=O. The first-order valence-corrected chi connectivity index (χ1v) is 10.3. The van der Waals surface area contributed by atoms with Gasteiger partial charge in [0.05, 0.1) is 17.6 Å². The molecule has 1 saturated heterocycles. The third-order valence-electron chi connectivity index (χ3n) is 4.24. The van der Waals surface area contributed by atoms with E-state index in [1.165, 1.54) is 4.90 Å². The summed E-state index contributed by atoms with van der Waals surface area (Å²) in [5.41, 5.74) is 1.70. The number of para-hydroxylation sites is 1. The number of carbonyl (C=O) groups is 2. The van der Waals surface area contributed by atoms with Crippen molar-refractivity contribution in [1.29, 1.82) is 0 Å². The number of imide groups is 1. The van der Waals surface area contributed by atoms with E-state index in [0.29, 0.717) is 10.7 Å². The second-order valence-electron chi connectivity index (χ2n) is 6.27. The van der Waals surface area contributed by atoms with Crippen LogP contribution in [0.1, 0.15) is 31.4 Å².